The highest BCUT2D eigenvalue weighted by molar-refractivity contribution is 5.79. The summed E-state index contributed by atoms with van der Waals surface area (Å²) in [5.41, 5.74) is 1.64. The highest BCUT2D eigenvalue weighted by Gasteiger charge is 2.31. The Hall–Kier alpha value is -2.90. The molecule has 4 rings (SSSR count). The van der Waals surface area contributed by atoms with Crippen LogP contribution in [0.1, 0.15) is 35.2 Å². The maximum Gasteiger partial charge on any atom is 0.293 e. The molecule has 0 bridgehead atoms. The summed E-state index contributed by atoms with van der Waals surface area (Å²) in [5.74, 6) is 2.35. The minimum Gasteiger partial charge on any atom is -0.459 e. The number of furan rings is 1. The predicted molar refractivity (Wildman–Crippen MR) is 85.6 cm³/mol. The molecule has 0 radical (unpaired) electrons. The van der Waals surface area contributed by atoms with E-state index >= 15 is 0 Å². The molecule has 3 aromatic rings. The third kappa shape index (κ3) is 2.95. The SMILES string of the molecule is Cc1noc(C)c1CC(=O)N1CC[C@@H](c2noc(-c3ccco3)n2)C1. The van der Waals surface area contributed by atoms with Crippen LogP contribution in [-0.2, 0) is 11.2 Å². The van der Waals surface area contributed by atoms with Gasteiger partial charge in [0.2, 0.25) is 5.91 Å². The summed E-state index contributed by atoms with van der Waals surface area (Å²) in [6.45, 7) is 4.93. The predicted octanol–water partition coefficient (Wildman–Crippen LogP) is 2.49. The minimum absolute atomic E-state index is 0.0617. The molecule has 4 heterocycles. The van der Waals surface area contributed by atoms with E-state index in [4.69, 9.17) is 13.5 Å². The zero-order chi connectivity index (χ0) is 17.4. The first-order chi connectivity index (χ1) is 12.1. The number of carbonyl (C=O) groups is 1. The third-order valence-electron chi connectivity index (χ3n) is 4.59. The van der Waals surface area contributed by atoms with E-state index in [1.807, 2.05) is 18.7 Å². The van der Waals surface area contributed by atoms with Gasteiger partial charge in [0, 0.05) is 24.6 Å². The second-order valence-corrected chi connectivity index (χ2v) is 6.24. The Bertz CT molecular complexity index is 861. The van der Waals surface area contributed by atoms with Crippen LogP contribution in [0.5, 0.6) is 0 Å². The lowest BCUT2D eigenvalue weighted by molar-refractivity contribution is -0.129. The Kier molecular flexibility index (Phi) is 3.87. The van der Waals surface area contributed by atoms with Crippen molar-refractivity contribution in [1.29, 1.82) is 0 Å². The maximum atomic E-state index is 12.6. The first-order valence-electron chi connectivity index (χ1n) is 8.19. The van der Waals surface area contributed by atoms with Gasteiger partial charge in [-0.25, -0.2) is 0 Å². The van der Waals surface area contributed by atoms with Gasteiger partial charge in [-0.1, -0.05) is 10.3 Å². The van der Waals surface area contributed by atoms with Crippen LogP contribution < -0.4 is 0 Å². The van der Waals surface area contributed by atoms with Crippen LogP contribution in [0.25, 0.3) is 11.7 Å². The van der Waals surface area contributed by atoms with Gasteiger partial charge in [0.1, 0.15) is 5.76 Å². The van der Waals surface area contributed by atoms with E-state index in [0.717, 1.165) is 17.7 Å². The van der Waals surface area contributed by atoms with Crippen LogP contribution in [0.4, 0.5) is 0 Å². The Morgan fingerprint density at radius 2 is 2.20 bits per heavy atom. The van der Waals surface area contributed by atoms with Crippen molar-refractivity contribution < 1.29 is 18.3 Å². The van der Waals surface area contributed by atoms with Gasteiger partial charge >= 0.3 is 0 Å². The summed E-state index contributed by atoms with van der Waals surface area (Å²) in [4.78, 5) is 18.8. The Morgan fingerprint density at radius 3 is 2.92 bits per heavy atom. The largest absolute Gasteiger partial charge is 0.459 e. The molecule has 3 aromatic heterocycles. The van der Waals surface area contributed by atoms with Gasteiger partial charge in [-0.05, 0) is 32.4 Å². The molecule has 1 saturated heterocycles. The number of nitrogens with zero attached hydrogens (tertiary/aromatic N) is 4. The van der Waals surface area contributed by atoms with E-state index in [-0.39, 0.29) is 11.8 Å². The molecule has 1 atom stereocenters. The van der Waals surface area contributed by atoms with Crippen molar-refractivity contribution in [3.63, 3.8) is 0 Å². The molecule has 25 heavy (non-hydrogen) atoms. The van der Waals surface area contributed by atoms with E-state index in [2.05, 4.69) is 15.3 Å². The molecule has 1 aliphatic heterocycles. The van der Waals surface area contributed by atoms with Crippen molar-refractivity contribution >= 4 is 5.91 Å². The van der Waals surface area contributed by atoms with Crippen molar-refractivity contribution in [2.75, 3.05) is 13.1 Å². The molecule has 1 fully saturated rings. The maximum absolute atomic E-state index is 12.6. The lowest BCUT2D eigenvalue weighted by Gasteiger charge is -2.15. The molecule has 0 unspecified atom stereocenters. The second-order valence-electron chi connectivity index (χ2n) is 6.24. The van der Waals surface area contributed by atoms with Crippen molar-refractivity contribution in [3.05, 3.63) is 41.2 Å². The first-order valence-corrected chi connectivity index (χ1v) is 8.19. The van der Waals surface area contributed by atoms with Crippen LogP contribution >= 0.6 is 0 Å². The monoisotopic (exact) mass is 342 g/mol. The molecular formula is C17H18N4O4. The van der Waals surface area contributed by atoms with Crippen LogP contribution in [0.2, 0.25) is 0 Å². The highest BCUT2D eigenvalue weighted by atomic mass is 16.5. The number of likely N-dealkylation sites (tertiary alicyclic amines) is 1. The Labute approximate surface area is 143 Å². The van der Waals surface area contributed by atoms with Crippen LogP contribution in [-0.4, -0.2) is 39.2 Å². The van der Waals surface area contributed by atoms with Crippen LogP contribution in [0.15, 0.2) is 31.9 Å². The molecule has 1 amide bonds. The summed E-state index contributed by atoms with van der Waals surface area (Å²) in [6, 6.07) is 3.54. The van der Waals surface area contributed by atoms with Crippen molar-refractivity contribution in [2.45, 2.75) is 32.6 Å². The number of amides is 1. The fraction of sp³-hybridized carbons (Fsp3) is 0.412. The third-order valence-corrected chi connectivity index (χ3v) is 4.59. The molecule has 0 N–H and O–H groups in total. The van der Waals surface area contributed by atoms with E-state index < -0.39 is 0 Å². The lowest BCUT2D eigenvalue weighted by atomic mass is 10.1. The number of rotatable bonds is 4. The lowest BCUT2D eigenvalue weighted by Crippen LogP contribution is -2.30. The molecule has 0 saturated carbocycles. The van der Waals surface area contributed by atoms with Crippen LogP contribution in [0, 0.1) is 13.8 Å². The molecule has 8 heteroatoms. The number of hydrogen-bond donors (Lipinski definition) is 0. The molecular weight excluding hydrogens is 324 g/mol. The van der Waals surface area contributed by atoms with Crippen molar-refractivity contribution in [2.24, 2.45) is 0 Å². The average molecular weight is 342 g/mol. The van der Waals surface area contributed by atoms with Crippen LogP contribution in [0.3, 0.4) is 0 Å². The van der Waals surface area contributed by atoms with Gasteiger partial charge in [0.05, 0.1) is 18.4 Å². The summed E-state index contributed by atoms with van der Waals surface area (Å²) in [7, 11) is 0. The van der Waals surface area contributed by atoms with Gasteiger partial charge in [0.15, 0.2) is 11.6 Å². The highest BCUT2D eigenvalue weighted by Crippen LogP contribution is 2.28. The van der Waals surface area contributed by atoms with Gasteiger partial charge < -0.3 is 18.4 Å². The second kappa shape index (κ2) is 6.19. The molecule has 130 valence electrons. The van der Waals surface area contributed by atoms with E-state index in [1.165, 1.54) is 0 Å². The van der Waals surface area contributed by atoms with E-state index in [9.17, 15) is 4.79 Å². The molecule has 0 aliphatic carbocycles. The fourth-order valence-electron chi connectivity index (χ4n) is 3.12. The average Bonchev–Trinajstić information content (AvgIpc) is 3.36. The zero-order valence-corrected chi connectivity index (χ0v) is 14.1. The smallest absolute Gasteiger partial charge is 0.293 e. The number of aryl methyl sites for hydroxylation is 2. The Morgan fingerprint density at radius 1 is 1.32 bits per heavy atom. The van der Waals surface area contributed by atoms with Gasteiger partial charge in [-0.15, -0.1) is 0 Å². The molecule has 1 aliphatic rings. The fourth-order valence-corrected chi connectivity index (χ4v) is 3.12. The van der Waals surface area contributed by atoms with Crippen molar-refractivity contribution in [3.8, 4) is 11.7 Å². The number of aromatic nitrogens is 3. The Balaban J connectivity index is 1.42. The zero-order valence-electron chi connectivity index (χ0n) is 14.1. The number of hydrogen-bond acceptors (Lipinski definition) is 7. The summed E-state index contributed by atoms with van der Waals surface area (Å²) < 4.78 is 15.6. The standard InChI is InChI=1S/C17H18N4O4/c1-10-13(11(2)24-19-10)8-15(22)21-6-5-12(9-21)16-18-17(25-20-16)14-4-3-7-23-14/h3-4,7,12H,5-6,8-9H2,1-2H3/t12-/m1/s1. The first kappa shape index (κ1) is 15.6. The summed E-state index contributed by atoms with van der Waals surface area (Å²) in [6.07, 6.45) is 2.67. The quantitative estimate of drug-likeness (QED) is 0.718. The minimum atomic E-state index is 0.0617. The van der Waals surface area contributed by atoms with Gasteiger partial charge in [-0.2, -0.15) is 4.98 Å². The number of carbonyl (C=O) groups excluding carboxylic acids is 1. The van der Waals surface area contributed by atoms with E-state index in [0.29, 0.717) is 42.7 Å². The van der Waals surface area contributed by atoms with Crippen molar-refractivity contribution in [1.82, 2.24) is 20.2 Å². The topological polar surface area (TPSA) is 98.4 Å². The summed E-state index contributed by atoms with van der Waals surface area (Å²) >= 11 is 0. The molecule has 0 spiro atoms. The molecule has 8 nitrogen and oxygen atoms in total. The normalized spacial score (nSPS) is 17.4. The van der Waals surface area contributed by atoms with Gasteiger partial charge in [0.25, 0.3) is 5.89 Å². The summed E-state index contributed by atoms with van der Waals surface area (Å²) in [5, 5.41) is 7.94. The molecule has 0 aromatic carbocycles. The van der Waals surface area contributed by atoms with E-state index in [1.54, 1.807) is 18.4 Å². The van der Waals surface area contributed by atoms with Gasteiger partial charge in [-0.3, -0.25) is 4.79 Å².